The van der Waals surface area contributed by atoms with Gasteiger partial charge in [-0.15, -0.1) is 0 Å². The fraction of sp³-hybridized carbons (Fsp3) is 0.400. The molecule has 1 aliphatic rings. The molecule has 0 radical (unpaired) electrons. The predicted octanol–water partition coefficient (Wildman–Crippen LogP) is 4.40. The lowest BCUT2D eigenvalue weighted by atomic mass is 10.2. The van der Waals surface area contributed by atoms with Gasteiger partial charge in [0.15, 0.2) is 6.61 Å². The Morgan fingerprint density at radius 2 is 1.67 bits per heavy atom. The quantitative estimate of drug-likeness (QED) is 0.312. The molecule has 0 spiro atoms. The molecule has 2 amide bonds. The Balaban J connectivity index is 1.43. The molecule has 2 aromatic carbocycles. The van der Waals surface area contributed by atoms with Crippen LogP contribution in [0.5, 0.6) is 5.75 Å². The highest BCUT2D eigenvalue weighted by Gasteiger charge is 2.23. The van der Waals surface area contributed by atoms with Crippen LogP contribution in [0.2, 0.25) is 5.02 Å². The molecule has 1 aliphatic heterocycles. The molecule has 0 N–H and O–H groups in total. The Morgan fingerprint density at radius 1 is 0.923 bits per heavy atom. The van der Waals surface area contributed by atoms with Gasteiger partial charge in [-0.2, -0.15) is 0 Å². The highest BCUT2D eigenvalue weighted by atomic mass is 35.5. The number of ether oxygens (including phenoxy) is 2. The number of benzene rings is 2. The third-order valence-corrected chi connectivity index (χ3v) is 6.82. The first-order valence-electron chi connectivity index (χ1n) is 13.3. The van der Waals surface area contributed by atoms with Crippen LogP contribution in [0, 0.1) is 6.92 Å². The minimum Gasteiger partial charge on any atom is -0.484 e. The number of rotatable bonds is 13. The van der Waals surface area contributed by atoms with Crippen molar-refractivity contribution in [2.45, 2.75) is 26.4 Å². The second-order valence-corrected chi connectivity index (χ2v) is 10.0. The number of hydrogen-bond donors (Lipinski definition) is 0. The van der Waals surface area contributed by atoms with Gasteiger partial charge in [0.1, 0.15) is 17.3 Å². The molecule has 208 valence electrons. The highest BCUT2D eigenvalue weighted by Crippen LogP contribution is 2.17. The van der Waals surface area contributed by atoms with E-state index in [-0.39, 0.29) is 25.0 Å². The van der Waals surface area contributed by atoms with Crippen LogP contribution in [0.1, 0.15) is 23.5 Å². The highest BCUT2D eigenvalue weighted by molar-refractivity contribution is 6.30. The zero-order valence-corrected chi connectivity index (χ0v) is 23.1. The summed E-state index contributed by atoms with van der Waals surface area (Å²) in [5.41, 5.74) is 1.00. The molecule has 1 fully saturated rings. The van der Waals surface area contributed by atoms with Crippen LogP contribution in [0.15, 0.2) is 71.1 Å². The zero-order chi connectivity index (χ0) is 27.5. The van der Waals surface area contributed by atoms with E-state index < -0.39 is 0 Å². The number of aryl methyl sites for hydroxylation is 1. The van der Waals surface area contributed by atoms with Gasteiger partial charge in [-0.25, -0.2) is 0 Å². The van der Waals surface area contributed by atoms with Gasteiger partial charge in [0.05, 0.1) is 26.3 Å². The second-order valence-electron chi connectivity index (χ2n) is 9.61. The van der Waals surface area contributed by atoms with E-state index >= 15 is 0 Å². The summed E-state index contributed by atoms with van der Waals surface area (Å²) < 4.78 is 16.9. The van der Waals surface area contributed by atoms with Crippen LogP contribution in [0.4, 0.5) is 0 Å². The van der Waals surface area contributed by atoms with Crippen molar-refractivity contribution < 1.29 is 23.5 Å². The average Bonchev–Trinajstić information content (AvgIpc) is 3.37. The molecule has 1 aromatic heterocycles. The Morgan fingerprint density at radius 3 is 2.36 bits per heavy atom. The van der Waals surface area contributed by atoms with Gasteiger partial charge in [0, 0.05) is 37.7 Å². The van der Waals surface area contributed by atoms with E-state index in [1.54, 1.807) is 34.1 Å². The molecule has 0 aliphatic carbocycles. The number of nitrogens with zero attached hydrogens (tertiary/aromatic N) is 3. The first-order valence-corrected chi connectivity index (χ1v) is 13.7. The normalized spacial score (nSPS) is 13.7. The summed E-state index contributed by atoms with van der Waals surface area (Å²) in [6.07, 6.45) is 0.746. The van der Waals surface area contributed by atoms with Gasteiger partial charge in [-0.05, 0) is 55.3 Å². The zero-order valence-electron chi connectivity index (χ0n) is 22.4. The van der Waals surface area contributed by atoms with Crippen molar-refractivity contribution in [3.63, 3.8) is 0 Å². The number of furan rings is 1. The fourth-order valence-corrected chi connectivity index (χ4v) is 4.55. The molecule has 39 heavy (non-hydrogen) atoms. The van der Waals surface area contributed by atoms with Crippen LogP contribution in [-0.2, 0) is 27.4 Å². The van der Waals surface area contributed by atoms with E-state index in [1.165, 1.54) is 0 Å². The molecule has 0 saturated carbocycles. The van der Waals surface area contributed by atoms with E-state index in [2.05, 4.69) is 4.90 Å². The molecular weight excluding hydrogens is 518 g/mol. The molecule has 1 saturated heterocycles. The summed E-state index contributed by atoms with van der Waals surface area (Å²) >= 11 is 5.96. The van der Waals surface area contributed by atoms with Gasteiger partial charge < -0.3 is 23.7 Å². The number of carbonyl (C=O) groups excluding carboxylic acids is 2. The third-order valence-electron chi connectivity index (χ3n) is 6.57. The first-order chi connectivity index (χ1) is 19.0. The monoisotopic (exact) mass is 553 g/mol. The maximum Gasteiger partial charge on any atom is 0.260 e. The van der Waals surface area contributed by atoms with Crippen LogP contribution < -0.4 is 4.74 Å². The van der Waals surface area contributed by atoms with E-state index in [9.17, 15) is 9.59 Å². The van der Waals surface area contributed by atoms with Crippen molar-refractivity contribution in [3.05, 3.63) is 88.8 Å². The van der Waals surface area contributed by atoms with E-state index in [1.807, 2.05) is 49.4 Å². The van der Waals surface area contributed by atoms with Gasteiger partial charge >= 0.3 is 0 Å². The molecule has 3 aromatic rings. The van der Waals surface area contributed by atoms with Crippen molar-refractivity contribution in [1.82, 2.24) is 14.7 Å². The van der Waals surface area contributed by atoms with Crippen LogP contribution >= 0.6 is 11.6 Å². The van der Waals surface area contributed by atoms with E-state index in [4.69, 9.17) is 25.5 Å². The van der Waals surface area contributed by atoms with Crippen molar-refractivity contribution in [2.75, 3.05) is 52.5 Å². The summed E-state index contributed by atoms with van der Waals surface area (Å²) in [7, 11) is 0. The van der Waals surface area contributed by atoms with Crippen molar-refractivity contribution >= 4 is 23.4 Å². The van der Waals surface area contributed by atoms with Gasteiger partial charge in [0.25, 0.3) is 5.91 Å². The van der Waals surface area contributed by atoms with Gasteiger partial charge in [0.2, 0.25) is 5.91 Å². The van der Waals surface area contributed by atoms with Gasteiger partial charge in [-0.3, -0.25) is 14.5 Å². The lowest BCUT2D eigenvalue weighted by Gasteiger charge is -2.29. The second kappa shape index (κ2) is 14.7. The maximum absolute atomic E-state index is 13.7. The number of hydrogen-bond acceptors (Lipinski definition) is 6. The molecule has 0 bridgehead atoms. The molecule has 9 heteroatoms. The Kier molecular flexibility index (Phi) is 10.8. The summed E-state index contributed by atoms with van der Waals surface area (Å²) in [5.74, 6) is 1.64. The number of carbonyl (C=O) groups is 2. The van der Waals surface area contributed by atoms with Gasteiger partial charge in [-0.1, -0.05) is 41.9 Å². The average molecular weight is 554 g/mol. The molecule has 8 nitrogen and oxygen atoms in total. The molecular formula is C30H36ClN3O5. The van der Waals surface area contributed by atoms with Crippen molar-refractivity contribution in [1.29, 1.82) is 0 Å². The van der Waals surface area contributed by atoms with Crippen molar-refractivity contribution in [2.24, 2.45) is 0 Å². The smallest absolute Gasteiger partial charge is 0.260 e. The summed E-state index contributed by atoms with van der Waals surface area (Å²) in [4.78, 5) is 32.6. The molecule has 4 rings (SSSR count). The minimum atomic E-state index is -0.242. The molecule has 0 unspecified atom stereocenters. The number of halogens is 1. The topological polar surface area (TPSA) is 75.5 Å². The SMILES string of the molecule is Cc1ccc(CN(Cc2ccccc2)C(=O)CN(CCCN2CCOCC2)C(=O)COc2ccc(Cl)cc2)o1. The lowest BCUT2D eigenvalue weighted by Crippen LogP contribution is -2.45. The number of amides is 2. The molecule has 0 atom stereocenters. The number of morpholine rings is 1. The largest absolute Gasteiger partial charge is 0.484 e. The van der Waals surface area contributed by atoms with E-state index in [0.717, 1.165) is 50.6 Å². The van der Waals surface area contributed by atoms with Crippen molar-refractivity contribution in [3.8, 4) is 5.75 Å². The van der Waals surface area contributed by atoms with Crippen LogP contribution in [0.25, 0.3) is 0 Å². The first kappa shape index (κ1) is 28.7. The molecule has 2 heterocycles. The maximum atomic E-state index is 13.7. The Bertz CT molecular complexity index is 1180. The fourth-order valence-electron chi connectivity index (χ4n) is 4.43. The summed E-state index contributed by atoms with van der Waals surface area (Å²) in [5, 5.41) is 0.592. The Hall–Kier alpha value is -3.33. The minimum absolute atomic E-state index is 0.0432. The van der Waals surface area contributed by atoms with E-state index in [0.29, 0.717) is 36.2 Å². The predicted molar refractivity (Wildman–Crippen MR) is 150 cm³/mol. The van der Waals surface area contributed by atoms with Crippen LogP contribution in [-0.4, -0.2) is 79.1 Å². The lowest BCUT2D eigenvalue weighted by molar-refractivity contribution is -0.142. The van der Waals surface area contributed by atoms with Crippen LogP contribution in [0.3, 0.4) is 0 Å². The summed E-state index contributed by atoms with van der Waals surface area (Å²) in [6, 6.07) is 20.4. The standard InChI is InChI=1S/C30H36ClN3O5/c1-24-8-11-28(39-24)21-34(20-25-6-3-2-4-7-25)29(35)22-33(15-5-14-32-16-18-37-19-17-32)30(36)23-38-27-12-9-26(31)10-13-27/h2-4,6-13H,5,14-23H2,1H3. The Labute approximate surface area is 235 Å². The third kappa shape index (κ3) is 9.42. The summed E-state index contributed by atoms with van der Waals surface area (Å²) in [6.45, 7) is 6.87.